The Morgan fingerprint density at radius 1 is 1.35 bits per heavy atom. The van der Waals surface area contributed by atoms with Crippen LogP contribution in [0.2, 0.25) is 5.02 Å². The molecule has 1 amide bonds. The number of amides is 1. The molecule has 1 atom stereocenters. The van der Waals surface area contributed by atoms with E-state index in [9.17, 15) is 14.9 Å². The van der Waals surface area contributed by atoms with E-state index in [2.05, 4.69) is 16.7 Å². The first-order valence-electron chi connectivity index (χ1n) is 9.88. The van der Waals surface area contributed by atoms with E-state index >= 15 is 0 Å². The van der Waals surface area contributed by atoms with Crippen molar-refractivity contribution in [2.45, 2.75) is 32.1 Å². The summed E-state index contributed by atoms with van der Waals surface area (Å²) >= 11 is 8.96. The SMILES string of the molecule is Cc1c(Cl)cccc1NC(=O)CSC1=C(C#N)[C@H](c2cccs2)C2=C(CCCC2=O)N1. The van der Waals surface area contributed by atoms with Crippen molar-refractivity contribution in [1.29, 1.82) is 5.26 Å². The van der Waals surface area contributed by atoms with Crippen molar-refractivity contribution in [2.75, 3.05) is 11.1 Å². The summed E-state index contributed by atoms with van der Waals surface area (Å²) in [5.74, 6) is -0.324. The molecule has 5 nitrogen and oxygen atoms in total. The van der Waals surface area contributed by atoms with Crippen molar-refractivity contribution in [2.24, 2.45) is 0 Å². The van der Waals surface area contributed by atoms with Crippen LogP contribution in [0.1, 0.15) is 35.6 Å². The average molecular weight is 470 g/mol. The molecular formula is C23H20ClN3O2S2. The number of nitriles is 1. The Morgan fingerprint density at radius 3 is 2.94 bits per heavy atom. The van der Waals surface area contributed by atoms with Gasteiger partial charge in [0.15, 0.2) is 5.78 Å². The molecule has 4 rings (SSSR count). The van der Waals surface area contributed by atoms with Gasteiger partial charge >= 0.3 is 0 Å². The fourth-order valence-corrected chi connectivity index (χ4v) is 5.72. The number of dihydropyridines is 1. The first-order valence-corrected chi connectivity index (χ1v) is 12.1. The highest BCUT2D eigenvalue weighted by molar-refractivity contribution is 8.03. The Hall–Kier alpha value is -2.53. The molecule has 0 spiro atoms. The van der Waals surface area contributed by atoms with E-state index in [0.29, 0.717) is 33.3 Å². The predicted octanol–water partition coefficient (Wildman–Crippen LogP) is 5.51. The van der Waals surface area contributed by atoms with Crippen LogP contribution in [0, 0.1) is 18.3 Å². The third-order valence-electron chi connectivity index (χ3n) is 5.38. The van der Waals surface area contributed by atoms with E-state index in [4.69, 9.17) is 11.6 Å². The molecule has 8 heteroatoms. The number of allylic oxidation sites excluding steroid dienone is 3. The van der Waals surface area contributed by atoms with Crippen LogP contribution in [0.5, 0.6) is 0 Å². The van der Waals surface area contributed by atoms with E-state index in [1.807, 2.05) is 24.4 Å². The number of halogens is 1. The number of ketones is 1. The quantitative estimate of drug-likeness (QED) is 0.603. The van der Waals surface area contributed by atoms with Gasteiger partial charge in [0.05, 0.1) is 28.3 Å². The van der Waals surface area contributed by atoms with E-state index in [1.54, 1.807) is 18.2 Å². The van der Waals surface area contributed by atoms with Crippen molar-refractivity contribution in [3.05, 3.63) is 73.0 Å². The second kappa shape index (κ2) is 9.31. The second-order valence-corrected chi connectivity index (χ2v) is 9.72. The summed E-state index contributed by atoms with van der Waals surface area (Å²) in [5.41, 5.74) is 3.55. The van der Waals surface area contributed by atoms with E-state index in [1.165, 1.54) is 23.1 Å². The van der Waals surface area contributed by atoms with Gasteiger partial charge < -0.3 is 10.6 Å². The highest BCUT2D eigenvalue weighted by Crippen LogP contribution is 2.45. The fourth-order valence-electron chi connectivity index (χ4n) is 3.84. The average Bonchev–Trinajstić information content (AvgIpc) is 3.29. The number of nitrogens with zero attached hydrogens (tertiary/aromatic N) is 1. The van der Waals surface area contributed by atoms with Gasteiger partial charge in [-0.2, -0.15) is 5.26 Å². The first kappa shape index (κ1) is 21.7. The zero-order valence-electron chi connectivity index (χ0n) is 16.8. The molecular weight excluding hydrogens is 450 g/mol. The van der Waals surface area contributed by atoms with Gasteiger partial charge in [-0.25, -0.2) is 0 Å². The van der Waals surface area contributed by atoms with Crippen molar-refractivity contribution >= 4 is 52.1 Å². The zero-order valence-corrected chi connectivity index (χ0v) is 19.2. The van der Waals surface area contributed by atoms with Gasteiger partial charge in [-0.15, -0.1) is 11.3 Å². The summed E-state index contributed by atoms with van der Waals surface area (Å²) in [6, 6.07) is 11.6. The lowest BCUT2D eigenvalue weighted by Gasteiger charge is -2.32. The van der Waals surface area contributed by atoms with E-state index in [-0.39, 0.29) is 23.4 Å². The summed E-state index contributed by atoms with van der Waals surface area (Å²) in [4.78, 5) is 26.3. The fraction of sp³-hybridized carbons (Fsp3) is 0.261. The molecule has 0 unspecified atom stereocenters. The number of rotatable bonds is 5. The number of hydrogen-bond acceptors (Lipinski definition) is 6. The number of carbonyl (C=O) groups excluding carboxylic acids is 2. The van der Waals surface area contributed by atoms with Gasteiger partial charge in [0.25, 0.3) is 0 Å². The molecule has 31 heavy (non-hydrogen) atoms. The Labute approximate surface area is 194 Å². The molecule has 1 aromatic heterocycles. The number of benzene rings is 1. The molecule has 2 aromatic rings. The highest BCUT2D eigenvalue weighted by atomic mass is 35.5. The number of Topliss-reactive ketones (excluding diaryl/α,β-unsaturated/α-hetero) is 1. The van der Waals surface area contributed by atoms with Crippen molar-refractivity contribution in [1.82, 2.24) is 5.32 Å². The normalized spacial score (nSPS) is 18.4. The Morgan fingerprint density at radius 2 is 2.19 bits per heavy atom. The molecule has 0 bridgehead atoms. The van der Waals surface area contributed by atoms with Crippen LogP contribution < -0.4 is 10.6 Å². The predicted molar refractivity (Wildman–Crippen MR) is 126 cm³/mol. The minimum atomic E-state index is -0.366. The maximum absolute atomic E-state index is 12.7. The van der Waals surface area contributed by atoms with E-state index < -0.39 is 0 Å². The lowest BCUT2D eigenvalue weighted by atomic mass is 9.79. The van der Waals surface area contributed by atoms with Crippen LogP contribution in [-0.4, -0.2) is 17.4 Å². The molecule has 2 aliphatic rings. The van der Waals surface area contributed by atoms with Crippen molar-refractivity contribution in [3.8, 4) is 6.07 Å². The van der Waals surface area contributed by atoms with Crippen LogP contribution in [0.25, 0.3) is 0 Å². The van der Waals surface area contributed by atoms with Gasteiger partial charge in [-0.1, -0.05) is 35.5 Å². The maximum Gasteiger partial charge on any atom is 0.234 e. The summed E-state index contributed by atoms with van der Waals surface area (Å²) in [6.07, 6.45) is 2.06. The number of anilines is 1. The smallest absolute Gasteiger partial charge is 0.234 e. The molecule has 1 aliphatic heterocycles. The molecule has 0 saturated heterocycles. The van der Waals surface area contributed by atoms with Crippen LogP contribution >= 0.6 is 34.7 Å². The Kier molecular flexibility index (Phi) is 6.51. The second-order valence-electron chi connectivity index (χ2n) is 7.35. The summed E-state index contributed by atoms with van der Waals surface area (Å²) in [7, 11) is 0. The molecule has 2 N–H and O–H groups in total. The number of carbonyl (C=O) groups is 2. The first-order chi connectivity index (χ1) is 15.0. The van der Waals surface area contributed by atoms with Crippen molar-refractivity contribution < 1.29 is 9.59 Å². The third kappa shape index (κ3) is 4.42. The molecule has 1 aromatic carbocycles. The maximum atomic E-state index is 12.7. The summed E-state index contributed by atoms with van der Waals surface area (Å²) in [6.45, 7) is 1.85. The van der Waals surface area contributed by atoms with Gasteiger partial charge in [0.1, 0.15) is 0 Å². The Balaban J connectivity index is 1.58. The Bertz CT molecular complexity index is 1150. The molecule has 158 valence electrons. The highest BCUT2D eigenvalue weighted by Gasteiger charge is 2.37. The van der Waals surface area contributed by atoms with Gasteiger partial charge in [-0.05, 0) is 48.9 Å². The molecule has 2 heterocycles. The molecule has 0 fully saturated rings. The number of hydrogen-bond donors (Lipinski definition) is 2. The molecule has 0 saturated carbocycles. The lowest BCUT2D eigenvalue weighted by Crippen LogP contribution is -2.31. The van der Waals surface area contributed by atoms with Crippen LogP contribution in [0.3, 0.4) is 0 Å². The van der Waals surface area contributed by atoms with Crippen molar-refractivity contribution in [3.63, 3.8) is 0 Å². The molecule has 1 aliphatic carbocycles. The third-order valence-corrected chi connectivity index (χ3v) is 7.74. The number of nitrogens with one attached hydrogen (secondary N) is 2. The number of thiophene rings is 1. The van der Waals surface area contributed by atoms with Crippen LogP contribution in [0.4, 0.5) is 5.69 Å². The topological polar surface area (TPSA) is 82.0 Å². The summed E-state index contributed by atoms with van der Waals surface area (Å²) in [5, 5.41) is 19.3. The van der Waals surface area contributed by atoms with Crippen LogP contribution in [-0.2, 0) is 9.59 Å². The van der Waals surface area contributed by atoms with E-state index in [0.717, 1.165) is 29.0 Å². The van der Waals surface area contributed by atoms with Crippen LogP contribution in [0.15, 0.2) is 57.6 Å². The zero-order chi connectivity index (χ0) is 22.0. The minimum Gasteiger partial charge on any atom is -0.352 e. The standard InChI is InChI=1S/C23H20ClN3O2S2/c1-13-15(24)5-2-6-16(13)26-20(29)12-31-23-14(11-25)21(19-9-4-10-30-19)22-17(27-23)7-3-8-18(22)28/h2,4-6,9-10,21,27H,3,7-8,12H2,1H3,(H,26,29)/t21-/m1/s1. The lowest BCUT2D eigenvalue weighted by molar-refractivity contribution is -0.116. The van der Waals surface area contributed by atoms with Gasteiger partial charge in [0, 0.05) is 33.3 Å². The summed E-state index contributed by atoms with van der Waals surface area (Å²) < 4.78 is 0. The largest absolute Gasteiger partial charge is 0.352 e. The number of thioether (sulfide) groups is 1. The minimum absolute atomic E-state index is 0.0955. The van der Waals surface area contributed by atoms with Gasteiger partial charge in [0.2, 0.25) is 5.91 Å². The monoisotopic (exact) mass is 469 g/mol. The van der Waals surface area contributed by atoms with Gasteiger partial charge in [-0.3, -0.25) is 9.59 Å². The molecule has 0 radical (unpaired) electrons.